The van der Waals surface area contributed by atoms with E-state index in [-0.39, 0.29) is 16.6 Å². The van der Waals surface area contributed by atoms with E-state index in [1.165, 1.54) is 0 Å². The Labute approximate surface area is 187 Å². The average molecular weight is 450 g/mol. The van der Waals surface area contributed by atoms with Crippen LogP contribution in [0.5, 0.6) is 11.8 Å². The van der Waals surface area contributed by atoms with Crippen molar-refractivity contribution in [3.63, 3.8) is 0 Å². The Morgan fingerprint density at radius 2 is 0.935 bits per heavy atom. The number of nitrogens with zero attached hydrogens (tertiary/aromatic N) is 7. The maximum atomic E-state index is 5.73. The number of halogens is 2. The third-order valence-corrected chi connectivity index (χ3v) is 4.11. The van der Waals surface area contributed by atoms with Crippen molar-refractivity contribution in [1.82, 2.24) is 15.0 Å². The molecule has 0 atom stereocenters. The van der Waals surface area contributed by atoms with Crippen LogP contribution in [-0.2, 0) is 0 Å². The summed E-state index contributed by atoms with van der Waals surface area (Å²) in [7, 11) is 0. The molecule has 8 nitrogen and oxygen atoms in total. The van der Waals surface area contributed by atoms with Crippen LogP contribution in [0.1, 0.15) is 0 Å². The molecule has 0 amide bonds. The zero-order chi connectivity index (χ0) is 21.5. The Morgan fingerprint density at radius 1 is 0.516 bits per heavy atom. The van der Waals surface area contributed by atoms with E-state index >= 15 is 0 Å². The molecule has 0 aliphatic carbocycles. The highest BCUT2D eigenvalue weighted by atomic mass is 35.5. The van der Waals surface area contributed by atoms with Crippen molar-refractivity contribution in [1.29, 1.82) is 0 Å². The molecular weight excluding hydrogens is 437 g/mol. The molecule has 1 heterocycles. The van der Waals surface area contributed by atoms with E-state index < -0.39 is 0 Å². The van der Waals surface area contributed by atoms with Gasteiger partial charge < -0.3 is 4.74 Å². The van der Waals surface area contributed by atoms with Gasteiger partial charge in [-0.2, -0.15) is 35.4 Å². The Hall–Kier alpha value is -3.75. The number of rotatable bonds is 6. The second-order valence-corrected chi connectivity index (χ2v) is 6.68. The summed E-state index contributed by atoms with van der Waals surface area (Å²) in [5.41, 5.74) is 2.85. The van der Waals surface area contributed by atoms with Crippen LogP contribution in [0.4, 0.5) is 22.7 Å². The van der Waals surface area contributed by atoms with Crippen LogP contribution in [0.15, 0.2) is 99.3 Å². The molecule has 0 unspecified atom stereocenters. The predicted octanol–water partition coefficient (Wildman–Crippen LogP) is 7.80. The largest absolute Gasteiger partial charge is 0.424 e. The van der Waals surface area contributed by atoms with Crippen molar-refractivity contribution in [3.05, 3.63) is 89.4 Å². The first kappa shape index (κ1) is 20.5. The third-order valence-electron chi connectivity index (χ3n) is 3.77. The molecule has 1 aromatic heterocycles. The lowest BCUT2D eigenvalue weighted by molar-refractivity contribution is 0.439. The van der Waals surface area contributed by atoms with Crippen LogP contribution in [0, 0.1) is 0 Å². The van der Waals surface area contributed by atoms with Crippen molar-refractivity contribution in [2.75, 3.05) is 0 Å². The molecule has 0 aliphatic heterocycles. The van der Waals surface area contributed by atoms with Crippen molar-refractivity contribution in [3.8, 4) is 11.8 Å². The number of benzene rings is 3. The molecule has 10 heteroatoms. The lowest BCUT2D eigenvalue weighted by atomic mass is 10.3. The monoisotopic (exact) mass is 449 g/mol. The van der Waals surface area contributed by atoms with Gasteiger partial charge in [0.15, 0.2) is 0 Å². The van der Waals surface area contributed by atoms with Gasteiger partial charge >= 0.3 is 6.01 Å². The van der Waals surface area contributed by atoms with Crippen molar-refractivity contribution >= 4 is 46.0 Å². The number of aromatic nitrogens is 3. The van der Waals surface area contributed by atoms with Crippen molar-refractivity contribution in [2.45, 2.75) is 0 Å². The molecule has 4 aromatic rings. The molecule has 31 heavy (non-hydrogen) atoms. The van der Waals surface area contributed by atoms with Gasteiger partial charge in [0.1, 0.15) is 5.75 Å². The SMILES string of the molecule is Clc1nc(Cl)nc(Oc2ccc(N=Nc3ccc(N=Nc4ccccc4)cc3)cc2)n1. The predicted molar refractivity (Wildman–Crippen MR) is 118 cm³/mol. The summed E-state index contributed by atoms with van der Waals surface area (Å²) in [6.45, 7) is 0. The second-order valence-electron chi connectivity index (χ2n) is 6.00. The van der Waals surface area contributed by atoms with E-state index in [0.717, 1.165) is 11.4 Å². The maximum absolute atomic E-state index is 5.73. The highest BCUT2D eigenvalue weighted by Crippen LogP contribution is 2.26. The van der Waals surface area contributed by atoms with E-state index in [9.17, 15) is 0 Å². The van der Waals surface area contributed by atoms with E-state index in [0.29, 0.717) is 17.1 Å². The first-order valence-corrected chi connectivity index (χ1v) is 9.73. The molecule has 0 bridgehead atoms. The molecule has 0 saturated carbocycles. The molecule has 3 aromatic carbocycles. The Morgan fingerprint density at radius 3 is 1.42 bits per heavy atom. The maximum Gasteiger partial charge on any atom is 0.327 e. The summed E-state index contributed by atoms with van der Waals surface area (Å²) in [6, 6.07) is 23.7. The van der Waals surface area contributed by atoms with Gasteiger partial charge in [-0.3, -0.25) is 0 Å². The molecule has 0 N–H and O–H groups in total. The quantitative estimate of drug-likeness (QED) is 0.280. The Balaban J connectivity index is 1.37. The van der Waals surface area contributed by atoms with Crippen LogP contribution in [0.25, 0.3) is 0 Å². The van der Waals surface area contributed by atoms with Gasteiger partial charge in [-0.1, -0.05) is 18.2 Å². The summed E-state index contributed by atoms with van der Waals surface area (Å²) >= 11 is 11.5. The zero-order valence-corrected chi connectivity index (χ0v) is 17.3. The van der Waals surface area contributed by atoms with Crippen LogP contribution in [0.2, 0.25) is 10.6 Å². The third kappa shape index (κ3) is 6.11. The fourth-order valence-corrected chi connectivity index (χ4v) is 2.70. The number of hydrogen-bond acceptors (Lipinski definition) is 8. The normalized spacial score (nSPS) is 11.3. The smallest absolute Gasteiger partial charge is 0.327 e. The van der Waals surface area contributed by atoms with Crippen LogP contribution in [-0.4, -0.2) is 15.0 Å². The van der Waals surface area contributed by atoms with Crippen molar-refractivity contribution in [2.24, 2.45) is 20.5 Å². The summed E-state index contributed by atoms with van der Waals surface area (Å²) in [6.07, 6.45) is 0. The topological polar surface area (TPSA) is 97.3 Å². The first-order chi connectivity index (χ1) is 15.1. The molecule has 152 valence electrons. The van der Waals surface area contributed by atoms with Gasteiger partial charge in [0, 0.05) is 0 Å². The fourth-order valence-electron chi connectivity index (χ4n) is 2.35. The number of azo groups is 2. The lowest BCUT2D eigenvalue weighted by Crippen LogP contribution is -1.94. The standard InChI is InChI=1S/C21H13Cl2N7O/c22-19-24-20(23)26-21(25-19)31-18-12-10-17(11-13-18)30-29-16-8-6-15(7-9-16)28-27-14-4-2-1-3-5-14/h1-13H. The highest BCUT2D eigenvalue weighted by molar-refractivity contribution is 6.31. The summed E-state index contributed by atoms with van der Waals surface area (Å²) < 4.78 is 5.50. The molecule has 0 spiro atoms. The molecule has 0 radical (unpaired) electrons. The van der Waals surface area contributed by atoms with Gasteiger partial charge in [0.05, 0.1) is 22.7 Å². The minimum atomic E-state index is -0.0482. The average Bonchev–Trinajstić information content (AvgIpc) is 2.78. The Bertz CT molecular complexity index is 1190. The van der Waals surface area contributed by atoms with Gasteiger partial charge in [0.2, 0.25) is 10.6 Å². The van der Waals surface area contributed by atoms with Crippen LogP contribution in [0.3, 0.4) is 0 Å². The zero-order valence-electron chi connectivity index (χ0n) is 15.8. The molecule has 0 aliphatic rings. The Kier molecular flexibility index (Phi) is 6.51. The van der Waals surface area contributed by atoms with Crippen molar-refractivity contribution < 1.29 is 4.74 Å². The van der Waals surface area contributed by atoms with Gasteiger partial charge in [-0.15, -0.1) is 0 Å². The first-order valence-electron chi connectivity index (χ1n) is 8.98. The summed E-state index contributed by atoms with van der Waals surface area (Å²) in [4.78, 5) is 11.4. The van der Waals surface area contributed by atoms with Crippen LogP contribution >= 0.6 is 23.2 Å². The minimum absolute atomic E-state index is 0.00359. The molecule has 4 rings (SSSR count). The lowest BCUT2D eigenvalue weighted by Gasteiger charge is -2.03. The van der Waals surface area contributed by atoms with Crippen LogP contribution < -0.4 is 4.74 Å². The number of ether oxygens (including phenoxy) is 1. The van der Waals surface area contributed by atoms with E-state index in [1.54, 1.807) is 24.3 Å². The second kappa shape index (κ2) is 9.84. The minimum Gasteiger partial charge on any atom is -0.424 e. The molecular formula is C21H13Cl2N7O. The summed E-state index contributed by atoms with van der Waals surface area (Å²) in [5.74, 6) is 0.491. The van der Waals surface area contributed by atoms with Gasteiger partial charge in [0.25, 0.3) is 0 Å². The number of hydrogen-bond donors (Lipinski definition) is 0. The van der Waals surface area contributed by atoms with Gasteiger partial charge in [-0.05, 0) is 83.9 Å². The highest BCUT2D eigenvalue weighted by Gasteiger charge is 2.05. The van der Waals surface area contributed by atoms with Gasteiger partial charge in [-0.25, -0.2) is 0 Å². The molecule has 0 saturated heterocycles. The summed E-state index contributed by atoms with van der Waals surface area (Å²) in [5, 5.41) is 16.7. The van der Waals surface area contributed by atoms with E-state index in [1.807, 2.05) is 54.6 Å². The molecule has 0 fully saturated rings. The van der Waals surface area contributed by atoms with E-state index in [2.05, 4.69) is 35.4 Å². The van der Waals surface area contributed by atoms with E-state index in [4.69, 9.17) is 27.9 Å². The fraction of sp³-hybridized carbons (Fsp3) is 0.